The number of carbonyl (C=O) groups is 2. The molecule has 0 bridgehead atoms. The van der Waals surface area contributed by atoms with E-state index in [1.54, 1.807) is 29.1 Å². The van der Waals surface area contributed by atoms with Crippen molar-refractivity contribution < 1.29 is 9.59 Å². The fourth-order valence-corrected chi connectivity index (χ4v) is 4.28. The topological polar surface area (TPSA) is 88.9 Å². The molecule has 0 fully saturated rings. The van der Waals surface area contributed by atoms with Crippen molar-refractivity contribution in [3.63, 3.8) is 0 Å². The van der Waals surface area contributed by atoms with Gasteiger partial charge in [0, 0.05) is 13.6 Å². The van der Waals surface area contributed by atoms with E-state index in [9.17, 15) is 9.59 Å². The van der Waals surface area contributed by atoms with Crippen molar-refractivity contribution in [3.05, 3.63) is 39.8 Å². The van der Waals surface area contributed by atoms with Crippen LogP contribution in [-0.4, -0.2) is 33.1 Å². The van der Waals surface area contributed by atoms with Gasteiger partial charge in [0.25, 0.3) is 11.8 Å². The zero-order valence-electron chi connectivity index (χ0n) is 13.4. The molecule has 3 aromatic rings. The number of thiophene rings is 1. The molecule has 25 heavy (non-hydrogen) atoms. The van der Waals surface area contributed by atoms with Crippen molar-refractivity contribution in [1.29, 1.82) is 0 Å². The molecule has 3 aromatic heterocycles. The van der Waals surface area contributed by atoms with Crippen LogP contribution < -0.4 is 10.6 Å². The number of fused-ring (bicyclic) bond motifs is 1. The van der Waals surface area contributed by atoms with Crippen LogP contribution in [0.15, 0.2) is 23.6 Å². The van der Waals surface area contributed by atoms with Gasteiger partial charge in [-0.2, -0.15) is 5.10 Å². The van der Waals surface area contributed by atoms with Gasteiger partial charge in [-0.1, -0.05) is 17.4 Å². The Balaban J connectivity index is 1.57. The maximum absolute atomic E-state index is 12.6. The standard InChI is InChI=1S/C16H15N5O2S2/c1-21-11(8-10(20-21)12-5-3-7-24-12)14(22)19-16-18-9-4-2-6-17-15(23)13(9)25-16/h3,5,7-8H,2,4,6H2,1H3,(H,17,23)(H,18,19,22). The lowest BCUT2D eigenvalue weighted by molar-refractivity contribution is 0.0958. The minimum absolute atomic E-state index is 0.119. The molecule has 1 aliphatic heterocycles. The summed E-state index contributed by atoms with van der Waals surface area (Å²) in [5.74, 6) is -0.409. The highest BCUT2D eigenvalue weighted by Crippen LogP contribution is 2.27. The second-order valence-electron chi connectivity index (χ2n) is 5.62. The van der Waals surface area contributed by atoms with Crippen LogP contribution in [0.3, 0.4) is 0 Å². The number of rotatable bonds is 3. The van der Waals surface area contributed by atoms with Crippen molar-refractivity contribution in [1.82, 2.24) is 20.1 Å². The van der Waals surface area contributed by atoms with Crippen LogP contribution in [0.25, 0.3) is 10.6 Å². The summed E-state index contributed by atoms with van der Waals surface area (Å²) in [4.78, 5) is 30.6. The van der Waals surface area contributed by atoms with Crippen LogP contribution in [-0.2, 0) is 13.5 Å². The number of aromatic nitrogens is 3. The first-order chi connectivity index (χ1) is 12.1. The number of carbonyl (C=O) groups excluding carboxylic acids is 2. The van der Waals surface area contributed by atoms with E-state index in [1.165, 1.54) is 11.3 Å². The number of nitrogens with one attached hydrogen (secondary N) is 2. The van der Waals surface area contributed by atoms with Gasteiger partial charge in [0.05, 0.1) is 10.6 Å². The molecule has 4 rings (SSSR count). The molecule has 0 aliphatic carbocycles. The zero-order chi connectivity index (χ0) is 17.4. The molecule has 0 saturated carbocycles. The van der Waals surface area contributed by atoms with E-state index < -0.39 is 0 Å². The Bertz CT molecular complexity index is 942. The maximum Gasteiger partial charge on any atom is 0.275 e. The number of amides is 2. The van der Waals surface area contributed by atoms with Crippen molar-refractivity contribution in [2.75, 3.05) is 11.9 Å². The average molecular weight is 373 g/mol. The van der Waals surface area contributed by atoms with Crippen molar-refractivity contribution in [2.45, 2.75) is 12.8 Å². The van der Waals surface area contributed by atoms with E-state index in [-0.39, 0.29) is 11.8 Å². The smallest absolute Gasteiger partial charge is 0.275 e. The molecule has 1 aliphatic rings. The molecule has 4 heterocycles. The number of nitrogens with zero attached hydrogens (tertiary/aromatic N) is 3. The minimum atomic E-state index is -0.290. The summed E-state index contributed by atoms with van der Waals surface area (Å²) in [6.07, 6.45) is 1.58. The van der Waals surface area contributed by atoms with Crippen LogP contribution in [0.2, 0.25) is 0 Å². The average Bonchev–Trinajstić information content (AvgIpc) is 3.29. The Morgan fingerprint density at radius 3 is 3.12 bits per heavy atom. The molecule has 0 radical (unpaired) electrons. The summed E-state index contributed by atoms with van der Waals surface area (Å²) in [6, 6.07) is 5.67. The van der Waals surface area contributed by atoms with Crippen molar-refractivity contribution in [3.8, 4) is 10.6 Å². The van der Waals surface area contributed by atoms with Gasteiger partial charge < -0.3 is 5.32 Å². The monoisotopic (exact) mass is 373 g/mol. The molecule has 0 saturated heterocycles. The SMILES string of the molecule is Cn1nc(-c2cccs2)cc1C(=O)Nc1nc2c(s1)C(=O)NCCC2. The predicted octanol–water partition coefficient (Wildman–Crippen LogP) is 2.53. The summed E-state index contributed by atoms with van der Waals surface area (Å²) in [7, 11) is 1.73. The lowest BCUT2D eigenvalue weighted by atomic mass is 10.2. The van der Waals surface area contributed by atoms with Gasteiger partial charge in [-0.3, -0.25) is 19.6 Å². The van der Waals surface area contributed by atoms with Crippen LogP contribution in [0, 0.1) is 0 Å². The zero-order valence-corrected chi connectivity index (χ0v) is 15.0. The summed E-state index contributed by atoms with van der Waals surface area (Å²) < 4.78 is 1.55. The third-order valence-corrected chi connectivity index (χ3v) is 5.79. The number of thiazole rings is 1. The van der Waals surface area contributed by atoms with Gasteiger partial charge in [0.15, 0.2) is 5.13 Å². The Morgan fingerprint density at radius 1 is 1.44 bits per heavy atom. The second kappa shape index (κ2) is 6.41. The molecular formula is C16H15N5O2S2. The quantitative estimate of drug-likeness (QED) is 0.738. The van der Waals surface area contributed by atoms with Gasteiger partial charge in [0.2, 0.25) is 0 Å². The van der Waals surface area contributed by atoms with Crippen molar-refractivity contribution >= 4 is 39.6 Å². The molecule has 0 unspecified atom stereocenters. The molecule has 128 valence electrons. The third kappa shape index (κ3) is 3.08. The fraction of sp³-hybridized carbons (Fsp3) is 0.250. The fourth-order valence-electron chi connectivity index (χ4n) is 2.68. The normalized spacial score (nSPS) is 13.9. The van der Waals surface area contributed by atoms with Gasteiger partial charge in [-0.05, 0) is 30.4 Å². The maximum atomic E-state index is 12.6. The second-order valence-corrected chi connectivity index (χ2v) is 7.57. The minimum Gasteiger partial charge on any atom is -0.351 e. The van der Waals surface area contributed by atoms with Gasteiger partial charge in [0.1, 0.15) is 16.3 Å². The van der Waals surface area contributed by atoms with Gasteiger partial charge >= 0.3 is 0 Å². The Kier molecular flexibility index (Phi) is 4.10. The molecule has 2 N–H and O–H groups in total. The number of hydrogen-bond donors (Lipinski definition) is 2. The highest BCUT2D eigenvalue weighted by molar-refractivity contribution is 7.17. The van der Waals surface area contributed by atoms with E-state index in [1.807, 2.05) is 17.5 Å². The number of hydrogen-bond acceptors (Lipinski definition) is 6. The lowest BCUT2D eigenvalue weighted by Crippen LogP contribution is -2.21. The van der Waals surface area contributed by atoms with Crippen molar-refractivity contribution in [2.24, 2.45) is 7.05 Å². The van der Waals surface area contributed by atoms with E-state index >= 15 is 0 Å². The number of aryl methyl sites for hydroxylation is 2. The van der Waals surface area contributed by atoms with E-state index in [0.29, 0.717) is 22.2 Å². The van der Waals surface area contributed by atoms with Crippen LogP contribution in [0.1, 0.15) is 32.3 Å². The van der Waals surface area contributed by atoms with E-state index in [0.717, 1.165) is 29.1 Å². The Labute approximate surface area is 151 Å². The molecule has 9 heteroatoms. The first-order valence-corrected chi connectivity index (χ1v) is 9.48. The molecule has 0 spiro atoms. The first-order valence-electron chi connectivity index (χ1n) is 7.79. The molecular weight excluding hydrogens is 358 g/mol. The summed E-state index contributed by atoms with van der Waals surface area (Å²) >= 11 is 2.78. The van der Waals surface area contributed by atoms with E-state index in [2.05, 4.69) is 20.7 Å². The highest BCUT2D eigenvalue weighted by Gasteiger charge is 2.22. The summed E-state index contributed by atoms with van der Waals surface area (Å²) in [5, 5.41) is 12.4. The molecule has 7 nitrogen and oxygen atoms in total. The predicted molar refractivity (Wildman–Crippen MR) is 97.2 cm³/mol. The van der Waals surface area contributed by atoms with Crippen LogP contribution in [0.5, 0.6) is 0 Å². The molecule has 0 aromatic carbocycles. The van der Waals surface area contributed by atoms with E-state index in [4.69, 9.17) is 0 Å². The van der Waals surface area contributed by atoms with Crippen LogP contribution >= 0.6 is 22.7 Å². The Morgan fingerprint density at radius 2 is 2.32 bits per heavy atom. The number of anilines is 1. The molecule has 2 amide bonds. The van der Waals surface area contributed by atoms with Crippen LogP contribution in [0.4, 0.5) is 5.13 Å². The Hall–Kier alpha value is -2.52. The third-order valence-electron chi connectivity index (χ3n) is 3.89. The summed E-state index contributed by atoms with van der Waals surface area (Å²) in [5.41, 5.74) is 1.95. The molecule has 0 atom stereocenters. The van der Waals surface area contributed by atoms with Gasteiger partial charge in [-0.25, -0.2) is 4.98 Å². The highest BCUT2D eigenvalue weighted by atomic mass is 32.1. The largest absolute Gasteiger partial charge is 0.351 e. The lowest BCUT2D eigenvalue weighted by Gasteiger charge is -2.01. The first kappa shape index (κ1) is 16.0. The van der Waals surface area contributed by atoms with Gasteiger partial charge in [-0.15, -0.1) is 11.3 Å². The summed E-state index contributed by atoms with van der Waals surface area (Å²) in [6.45, 7) is 0.657.